The van der Waals surface area contributed by atoms with Crippen LogP contribution in [0.15, 0.2) is 41.8 Å². The van der Waals surface area contributed by atoms with E-state index in [9.17, 15) is 8.42 Å². The molecule has 3 heterocycles. The van der Waals surface area contributed by atoms with Crippen LogP contribution in [0.4, 0.5) is 0 Å². The number of sulfone groups is 1. The highest BCUT2D eigenvalue weighted by Crippen LogP contribution is 2.18. The standard InChI is InChI=1S/C13H11ClN4O2S/c1-21(19,20)11-4-9-2-3-18(13(9)17-6-11)8-10-5-16-12(14)7-15-10/h2-7H,8H2,1H3. The van der Waals surface area contributed by atoms with Gasteiger partial charge >= 0.3 is 0 Å². The molecule has 0 spiro atoms. The van der Waals surface area contributed by atoms with E-state index in [0.29, 0.717) is 17.3 Å². The first-order valence-electron chi connectivity index (χ1n) is 6.05. The molecule has 0 aliphatic heterocycles. The fourth-order valence-corrected chi connectivity index (χ4v) is 2.67. The third kappa shape index (κ3) is 2.88. The molecule has 3 aromatic heterocycles. The van der Waals surface area contributed by atoms with E-state index < -0.39 is 9.84 Å². The van der Waals surface area contributed by atoms with Crippen molar-refractivity contribution in [3.63, 3.8) is 0 Å². The van der Waals surface area contributed by atoms with Gasteiger partial charge in [0.1, 0.15) is 10.8 Å². The highest BCUT2D eigenvalue weighted by Gasteiger charge is 2.11. The highest BCUT2D eigenvalue weighted by molar-refractivity contribution is 7.90. The molecule has 0 amide bonds. The first-order valence-corrected chi connectivity index (χ1v) is 8.32. The van der Waals surface area contributed by atoms with E-state index in [-0.39, 0.29) is 4.90 Å². The van der Waals surface area contributed by atoms with Gasteiger partial charge in [0.25, 0.3) is 0 Å². The fourth-order valence-electron chi connectivity index (χ4n) is 1.98. The Kier molecular flexibility index (Phi) is 3.38. The minimum atomic E-state index is -3.26. The maximum absolute atomic E-state index is 11.5. The van der Waals surface area contributed by atoms with Crippen molar-refractivity contribution in [2.75, 3.05) is 6.26 Å². The van der Waals surface area contributed by atoms with Gasteiger partial charge in [0.2, 0.25) is 0 Å². The van der Waals surface area contributed by atoms with Crippen molar-refractivity contribution < 1.29 is 8.42 Å². The summed E-state index contributed by atoms with van der Waals surface area (Å²) in [6.07, 6.45) is 7.44. The minimum absolute atomic E-state index is 0.207. The summed E-state index contributed by atoms with van der Waals surface area (Å²) in [5.74, 6) is 0. The maximum atomic E-state index is 11.5. The van der Waals surface area contributed by atoms with E-state index in [0.717, 1.165) is 17.3 Å². The molecule has 21 heavy (non-hydrogen) atoms. The van der Waals surface area contributed by atoms with Crippen molar-refractivity contribution in [3.8, 4) is 0 Å². The molecule has 0 bridgehead atoms. The molecule has 0 saturated carbocycles. The van der Waals surface area contributed by atoms with Crippen LogP contribution in [0.1, 0.15) is 5.69 Å². The van der Waals surface area contributed by atoms with Crippen molar-refractivity contribution in [2.24, 2.45) is 0 Å². The molecule has 108 valence electrons. The quantitative estimate of drug-likeness (QED) is 0.736. The van der Waals surface area contributed by atoms with E-state index >= 15 is 0 Å². The summed E-state index contributed by atoms with van der Waals surface area (Å²) in [6.45, 7) is 0.485. The van der Waals surface area contributed by atoms with Gasteiger partial charge in [-0.15, -0.1) is 0 Å². The van der Waals surface area contributed by atoms with Gasteiger partial charge in [0.05, 0.1) is 29.5 Å². The van der Waals surface area contributed by atoms with E-state index in [1.807, 2.05) is 16.8 Å². The lowest BCUT2D eigenvalue weighted by molar-refractivity contribution is 0.601. The van der Waals surface area contributed by atoms with Crippen molar-refractivity contribution in [3.05, 3.63) is 47.8 Å². The number of fused-ring (bicyclic) bond motifs is 1. The molecule has 8 heteroatoms. The summed E-state index contributed by atoms with van der Waals surface area (Å²) in [4.78, 5) is 12.6. The van der Waals surface area contributed by atoms with Crippen LogP contribution in [0.25, 0.3) is 11.0 Å². The molecule has 3 aromatic rings. The third-order valence-corrected chi connectivity index (χ3v) is 4.29. The molecule has 3 rings (SSSR count). The van der Waals surface area contributed by atoms with Gasteiger partial charge in [-0.25, -0.2) is 18.4 Å². The minimum Gasteiger partial charge on any atom is -0.326 e. The number of nitrogens with zero attached hydrogens (tertiary/aromatic N) is 4. The van der Waals surface area contributed by atoms with Crippen molar-refractivity contribution >= 4 is 32.5 Å². The molecule has 0 aromatic carbocycles. The Labute approximate surface area is 126 Å². The summed E-state index contributed by atoms with van der Waals surface area (Å²) in [7, 11) is -3.26. The lowest BCUT2D eigenvalue weighted by Gasteiger charge is -2.04. The average Bonchev–Trinajstić information content (AvgIpc) is 2.83. The Hall–Kier alpha value is -1.99. The van der Waals surface area contributed by atoms with Crippen LogP contribution in [0.2, 0.25) is 5.15 Å². The van der Waals surface area contributed by atoms with Crippen LogP contribution >= 0.6 is 11.6 Å². The van der Waals surface area contributed by atoms with Gasteiger partial charge in [-0.1, -0.05) is 11.6 Å². The Morgan fingerprint density at radius 1 is 1.19 bits per heavy atom. The summed E-state index contributed by atoms with van der Waals surface area (Å²) in [5.41, 5.74) is 1.44. The van der Waals surface area contributed by atoms with E-state index in [1.165, 1.54) is 12.4 Å². The Morgan fingerprint density at radius 2 is 2.00 bits per heavy atom. The Bertz CT molecular complexity index is 904. The fraction of sp³-hybridized carbons (Fsp3) is 0.154. The average molecular weight is 323 g/mol. The third-order valence-electron chi connectivity index (χ3n) is 3.01. The second kappa shape index (κ2) is 5.09. The van der Waals surface area contributed by atoms with Gasteiger partial charge in [-0.05, 0) is 12.1 Å². The largest absolute Gasteiger partial charge is 0.326 e. The monoisotopic (exact) mass is 322 g/mol. The van der Waals surface area contributed by atoms with Crippen LogP contribution in [0.3, 0.4) is 0 Å². The molecule has 0 aliphatic carbocycles. The SMILES string of the molecule is CS(=O)(=O)c1cnc2c(ccn2Cc2cnc(Cl)cn2)c1. The van der Waals surface area contributed by atoms with Gasteiger partial charge in [-0.2, -0.15) is 0 Å². The molecule has 0 saturated heterocycles. The predicted molar refractivity (Wildman–Crippen MR) is 79.0 cm³/mol. The lowest BCUT2D eigenvalue weighted by Crippen LogP contribution is -2.03. The molecule has 0 fully saturated rings. The molecule has 0 aliphatic rings. The number of aromatic nitrogens is 4. The molecule has 0 unspecified atom stereocenters. The lowest BCUT2D eigenvalue weighted by atomic mass is 10.3. The van der Waals surface area contributed by atoms with Crippen LogP contribution in [0, 0.1) is 0 Å². The highest BCUT2D eigenvalue weighted by atomic mass is 35.5. The number of halogens is 1. The first-order chi connectivity index (χ1) is 9.93. The van der Waals surface area contributed by atoms with E-state index in [4.69, 9.17) is 11.6 Å². The smallest absolute Gasteiger partial charge is 0.177 e. The predicted octanol–water partition coefficient (Wildman–Crippen LogP) is 1.93. The number of hydrogen-bond donors (Lipinski definition) is 0. The van der Waals surface area contributed by atoms with Gasteiger partial charge in [-0.3, -0.25) is 4.98 Å². The van der Waals surface area contributed by atoms with Crippen molar-refractivity contribution in [1.29, 1.82) is 0 Å². The summed E-state index contributed by atoms with van der Waals surface area (Å²) >= 11 is 5.70. The van der Waals surface area contributed by atoms with E-state index in [1.54, 1.807) is 12.3 Å². The molecule has 0 N–H and O–H groups in total. The van der Waals surface area contributed by atoms with Crippen LogP contribution < -0.4 is 0 Å². The molecule has 0 atom stereocenters. The van der Waals surface area contributed by atoms with Crippen LogP contribution in [0.5, 0.6) is 0 Å². The zero-order valence-electron chi connectivity index (χ0n) is 11.1. The molecule has 0 radical (unpaired) electrons. The Balaban J connectivity index is 1.99. The zero-order valence-corrected chi connectivity index (χ0v) is 12.6. The maximum Gasteiger partial charge on any atom is 0.177 e. The van der Waals surface area contributed by atoms with Gasteiger partial charge in [0.15, 0.2) is 9.84 Å². The summed E-state index contributed by atoms with van der Waals surface area (Å²) in [5, 5.41) is 1.10. The number of rotatable bonds is 3. The second-order valence-electron chi connectivity index (χ2n) is 4.63. The zero-order chi connectivity index (χ0) is 15.0. The summed E-state index contributed by atoms with van der Waals surface area (Å²) in [6, 6.07) is 3.43. The first kappa shape index (κ1) is 14.0. The number of pyridine rings is 1. The molecular formula is C13H11ClN4O2S. The van der Waals surface area contributed by atoms with Crippen LogP contribution in [-0.4, -0.2) is 34.2 Å². The number of hydrogen-bond acceptors (Lipinski definition) is 5. The van der Waals surface area contributed by atoms with Crippen molar-refractivity contribution in [1.82, 2.24) is 19.5 Å². The normalized spacial score (nSPS) is 11.9. The molecular weight excluding hydrogens is 312 g/mol. The topological polar surface area (TPSA) is 77.7 Å². The molecule has 6 nitrogen and oxygen atoms in total. The van der Waals surface area contributed by atoms with Crippen molar-refractivity contribution in [2.45, 2.75) is 11.4 Å². The van der Waals surface area contributed by atoms with E-state index in [2.05, 4.69) is 15.0 Å². The van der Waals surface area contributed by atoms with Gasteiger partial charge < -0.3 is 4.57 Å². The second-order valence-corrected chi connectivity index (χ2v) is 7.03. The summed E-state index contributed by atoms with van der Waals surface area (Å²) < 4.78 is 24.9. The van der Waals surface area contributed by atoms with Gasteiger partial charge in [0, 0.05) is 24.0 Å². The van der Waals surface area contributed by atoms with Crippen LogP contribution in [-0.2, 0) is 16.4 Å². The Morgan fingerprint density at radius 3 is 2.67 bits per heavy atom.